The van der Waals surface area contributed by atoms with Gasteiger partial charge in [0.25, 0.3) is 0 Å². The number of thiocarbonyl (C=S) groups is 1. The second-order valence-corrected chi connectivity index (χ2v) is 8.00. The average molecular weight is 541 g/mol. The highest BCUT2D eigenvalue weighted by atomic mass is 32.1. The van der Waals surface area contributed by atoms with Gasteiger partial charge in [-0.05, 0) is 54.2 Å². The first kappa shape index (κ1) is 26.2. The second-order valence-electron chi connectivity index (χ2n) is 7.59. The second kappa shape index (κ2) is 11.5. The topological polar surface area (TPSA) is 118 Å². The highest BCUT2D eigenvalue weighted by molar-refractivity contribution is 7.80. The molecule has 0 aliphatic rings. The van der Waals surface area contributed by atoms with E-state index in [9.17, 15) is 18.0 Å². The number of benzene rings is 2. The third kappa shape index (κ3) is 7.57. The number of alkyl halides is 3. The van der Waals surface area contributed by atoms with Crippen molar-refractivity contribution in [3.8, 4) is 22.8 Å². The van der Waals surface area contributed by atoms with Crippen molar-refractivity contribution in [2.45, 2.75) is 13.3 Å². The largest absolute Gasteiger partial charge is 0.573 e. The summed E-state index contributed by atoms with van der Waals surface area (Å²) in [6, 6.07) is 17.6. The highest BCUT2D eigenvalue weighted by Crippen LogP contribution is 2.24. The van der Waals surface area contributed by atoms with Crippen molar-refractivity contribution >= 4 is 41.1 Å². The quantitative estimate of drug-likeness (QED) is 0.178. The van der Waals surface area contributed by atoms with Gasteiger partial charge in [0.2, 0.25) is 5.91 Å². The number of aromatic nitrogens is 4. The van der Waals surface area contributed by atoms with Crippen molar-refractivity contribution in [1.82, 2.24) is 25.2 Å². The molecule has 4 aromatic rings. The first-order chi connectivity index (χ1) is 18.1. The van der Waals surface area contributed by atoms with Gasteiger partial charge in [-0.2, -0.15) is 5.10 Å². The summed E-state index contributed by atoms with van der Waals surface area (Å²) in [4.78, 5) is 19.6. The number of hydrogen-bond donors (Lipinski definition) is 3. The Bertz CT molecular complexity index is 1450. The van der Waals surface area contributed by atoms with Crippen LogP contribution >= 0.6 is 12.2 Å². The van der Waals surface area contributed by atoms with E-state index in [1.54, 1.807) is 48.7 Å². The Morgan fingerprint density at radius 3 is 2.37 bits per heavy atom. The van der Waals surface area contributed by atoms with E-state index >= 15 is 0 Å². The number of hydrazone groups is 1. The molecule has 0 aliphatic carbocycles. The number of ether oxygens (including phenoxy) is 1. The molecule has 2 aromatic heterocycles. The van der Waals surface area contributed by atoms with E-state index in [4.69, 9.17) is 12.2 Å². The van der Waals surface area contributed by atoms with Crippen molar-refractivity contribution in [2.24, 2.45) is 5.10 Å². The molecule has 0 radical (unpaired) electrons. The van der Waals surface area contributed by atoms with Crippen LogP contribution in [0.25, 0.3) is 17.1 Å². The normalized spacial score (nSPS) is 11.3. The molecule has 2 aromatic carbocycles. The molecule has 3 N–H and O–H groups in total. The van der Waals surface area contributed by atoms with Gasteiger partial charge in [0.05, 0.1) is 11.9 Å². The maximum atomic E-state index is 12.3. The molecule has 14 heteroatoms. The molecule has 2 heterocycles. The van der Waals surface area contributed by atoms with Crippen LogP contribution in [-0.2, 0) is 4.79 Å². The predicted molar refractivity (Wildman–Crippen MR) is 139 cm³/mol. The van der Waals surface area contributed by atoms with E-state index in [0.717, 1.165) is 11.1 Å². The lowest BCUT2D eigenvalue weighted by atomic mass is 10.1. The molecule has 0 fully saturated rings. The summed E-state index contributed by atoms with van der Waals surface area (Å²) in [5.74, 6) is 0.704. The van der Waals surface area contributed by atoms with Gasteiger partial charge in [0.1, 0.15) is 23.7 Å². The molecule has 10 nitrogen and oxygen atoms in total. The summed E-state index contributed by atoms with van der Waals surface area (Å²) in [6.07, 6.45) is -1.73. The van der Waals surface area contributed by atoms with Gasteiger partial charge in [-0.25, -0.2) is 14.6 Å². The Labute approximate surface area is 219 Å². The van der Waals surface area contributed by atoms with Crippen LogP contribution in [-0.4, -0.2) is 43.3 Å². The number of halogens is 3. The summed E-state index contributed by atoms with van der Waals surface area (Å²) in [7, 11) is 0. The third-order valence-electron chi connectivity index (χ3n) is 4.67. The van der Waals surface area contributed by atoms with Crippen molar-refractivity contribution in [1.29, 1.82) is 0 Å². The molecule has 1 amide bonds. The molecular formula is C24H19F3N8O2S. The number of pyridine rings is 1. The molecule has 0 bridgehead atoms. The van der Waals surface area contributed by atoms with Crippen molar-refractivity contribution < 1.29 is 22.7 Å². The van der Waals surface area contributed by atoms with Gasteiger partial charge in [-0.15, -0.1) is 18.3 Å². The van der Waals surface area contributed by atoms with E-state index in [1.165, 1.54) is 42.2 Å². The van der Waals surface area contributed by atoms with Crippen LogP contribution in [0.1, 0.15) is 12.5 Å². The number of carbonyl (C=O) groups is 1. The maximum Gasteiger partial charge on any atom is 0.573 e. The Morgan fingerprint density at radius 2 is 1.71 bits per heavy atom. The molecular weight excluding hydrogens is 521 g/mol. The SMILES string of the molecule is CC(=O)Nc1cccc(NC(=S)NN=Cc2ccc(-c3ncn(-c4ccc(OC(F)(F)F)cc4)n3)cc2)n1. The Morgan fingerprint density at radius 1 is 1.03 bits per heavy atom. The van der Waals surface area contributed by atoms with Gasteiger partial charge >= 0.3 is 6.36 Å². The fourth-order valence-corrected chi connectivity index (χ4v) is 3.26. The third-order valence-corrected chi connectivity index (χ3v) is 4.86. The lowest BCUT2D eigenvalue weighted by Gasteiger charge is -2.09. The molecule has 0 unspecified atom stereocenters. The minimum Gasteiger partial charge on any atom is -0.406 e. The van der Waals surface area contributed by atoms with Crippen LogP contribution in [0.15, 0.2) is 78.2 Å². The number of nitrogens with one attached hydrogen (secondary N) is 3. The lowest BCUT2D eigenvalue weighted by Crippen LogP contribution is -2.24. The summed E-state index contributed by atoms with van der Waals surface area (Å²) in [5.41, 5.74) is 4.71. The smallest absolute Gasteiger partial charge is 0.406 e. The Balaban J connectivity index is 1.32. The summed E-state index contributed by atoms with van der Waals surface area (Å²) in [6.45, 7) is 1.39. The standard InChI is InChI=1S/C24H19F3N8O2S/c1-15(36)30-20-3-2-4-21(31-20)32-23(38)33-29-13-16-5-7-17(8-6-16)22-28-14-35(34-22)18-9-11-19(12-10-18)37-24(25,26)27/h2-14H,1H3,(H3,30,31,32,33,36,38). The number of carbonyl (C=O) groups excluding carboxylic acids is 1. The van der Waals surface area contributed by atoms with Gasteiger partial charge in [0.15, 0.2) is 10.9 Å². The minimum atomic E-state index is -4.75. The van der Waals surface area contributed by atoms with Gasteiger partial charge in [-0.1, -0.05) is 30.3 Å². The van der Waals surface area contributed by atoms with E-state index in [2.05, 4.69) is 41.0 Å². The fourth-order valence-electron chi connectivity index (χ4n) is 3.10. The number of rotatable bonds is 7. The Kier molecular flexibility index (Phi) is 7.91. The van der Waals surface area contributed by atoms with E-state index in [0.29, 0.717) is 23.1 Å². The number of amides is 1. The predicted octanol–water partition coefficient (Wildman–Crippen LogP) is 4.51. The van der Waals surface area contributed by atoms with Crippen LogP contribution in [0.5, 0.6) is 5.75 Å². The Hall–Kier alpha value is -4.85. The fraction of sp³-hybridized carbons (Fsp3) is 0.0833. The monoisotopic (exact) mass is 540 g/mol. The molecule has 0 saturated heterocycles. The molecule has 194 valence electrons. The lowest BCUT2D eigenvalue weighted by molar-refractivity contribution is -0.274. The maximum absolute atomic E-state index is 12.3. The summed E-state index contributed by atoms with van der Waals surface area (Å²) in [5, 5.41) is 14.1. The number of nitrogens with zero attached hydrogens (tertiary/aromatic N) is 5. The summed E-state index contributed by atoms with van der Waals surface area (Å²) < 4.78 is 42.3. The molecule has 0 spiro atoms. The van der Waals surface area contributed by atoms with Crippen LogP contribution in [0.2, 0.25) is 0 Å². The van der Waals surface area contributed by atoms with Gasteiger partial charge < -0.3 is 15.4 Å². The highest BCUT2D eigenvalue weighted by Gasteiger charge is 2.31. The molecule has 38 heavy (non-hydrogen) atoms. The average Bonchev–Trinajstić information content (AvgIpc) is 3.34. The van der Waals surface area contributed by atoms with E-state index in [-0.39, 0.29) is 16.8 Å². The van der Waals surface area contributed by atoms with Crippen molar-refractivity contribution in [3.05, 3.63) is 78.6 Å². The van der Waals surface area contributed by atoms with E-state index < -0.39 is 6.36 Å². The summed E-state index contributed by atoms with van der Waals surface area (Å²) >= 11 is 5.20. The first-order valence-corrected chi connectivity index (χ1v) is 11.3. The molecule has 0 saturated carbocycles. The van der Waals surface area contributed by atoms with Gasteiger partial charge in [0, 0.05) is 12.5 Å². The van der Waals surface area contributed by atoms with Gasteiger partial charge in [-0.3, -0.25) is 10.2 Å². The number of hydrogen-bond acceptors (Lipinski definition) is 7. The van der Waals surface area contributed by atoms with Crippen LogP contribution in [0.4, 0.5) is 24.8 Å². The molecule has 4 rings (SSSR count). The molecule has 0 atom stereocenters. The zero-order valence-corrected chi connectivity index (χ0v) is 20.4. The van der Waals surface area contributed by atoms with Crippen molar-refractivity contribution in [2.75, 3.05) is 10.6 Å². The zero-order valence-electron chi connectivity index (χ0n) is 19.6. The minimum absolute atomic E-state index is 0.207. The number of anilines is 2. The molecule has 0 aliphatic heterocycles. The van der Waals surface area contributed by atoms with Crippen LogP contribution in [0, 0.1) is 0 Å². The van der Waals surface area contributed by atoms with Crippen molar-refractivity contribution in [3.63, 3.8) is 0 Å². The van der Waals surface area contributed by atoms with Crippen LogP contribution < -0.4 is 20.8 Å². The zero-order chi connectivity index (χ0) is 27.1. The first-order valence-electron chi connectivity index (χ1n) is 10.9. The van der Waals surface area contributed by atoms with Crippen LogP contribution in [0.3, 0.4) is 0 Å². The van der Waals surface area contributed by atoms with E-state index in [1.807, 2.05) is 0 Å².